The highest BCUT2D eigenvalue weighted by atomic mass is 16.6. The Morgan fingerprint density at radius 3 is 1.35 bits per heavy atom. The van der Waals surface area contributed by atoms with Gasteiger partial charge in [0.1, 0.15) is 11.5 Å². The average molecular weight is 454 g/mol. The molecule has 34 heavy (non-hydrogen) atoms. The molecule has 1 aliphatic rings. The SMILES string of the molecule is O=[N+]([O-])c1ccc2c(c1)C(c1ccc(O)cc1)(c1ccc(O)cc1)c1cc([N+](=O)[O-])ccc1C2. The summed E-state index contributed by atoms with van der Waals surface area (Å²) in [6.45, 7) is 0. The molecular weight excluding hydrogens is 436 g/mol. The molecule has 4 aromatic carbocycles. The first-order valence-electron chi connectivity index (χ1n) is 10.5. The number of hydrogen-bond acceptors (Lipinski definition) is 6. The van der Waals surface area contributed by atoms with Crippen molar-refractivity contribution in [3.63, 3.8) is 0 Å². The third-order valence-electron chi connectivity index (χ3n) is 6.40. The van der Waals surface area contributed by atoms with Crippen LogP contribution in [-0.2, 0) is 11.8 Å². The van der Waals surface area contributed by atoms with Crippen molar-refractivity contribution in [1.29, 1.82) is 0 Å². The van der Waals surface area contributed by atoms with Gasteiger partial charge in [-0.25, -0.2) is 0 Å². The van der Waals surface area contributed by atoms with Crippen molar-refractivity contribution in [1.82, 2.24) is 0 Å². The van der Waals surface area contributed by atoms with Crippen LogP contribution in [0.1, 0.15) is 33.4 Å². The predicted molar refractivity (Wildman–Crippen MR) is 124 cm³/mol. The number of phenols is 2. The second kappa shape index (κ2) is 7.70. The molecule has 0 saturated carbocycles. The highest BCUT2D eigenvalue weighted by Gasteiger charge is 2.45. The second-order valence-electron chi connectivity index (χ2n) is 8.22. The van der Waals surface area contributed by atoms with Gasteiger partial charge in [-0.2, -0.15) is 0 Å². The van der Waals surface area contributed by atoms with Gasteiger partial charge in [0.05, 0.1) is 15.3 Å². The first-order chi connectivity index (χ1) is 16.3. The lowest BCUT2D eigenvalue weighted by Crippen LogP contribution is -2.36. The van der Waals surface area contributed by atoms with Gasteiger partial charge in [0.25, 0.3) is 11.4 Å². The number of aromatic hydroxyl groups is 2. The van der Waals surface area contributed by atoms with Gasteiger partial charge in [-0.3, -0.25) is 20.2 Å². The molecule has 168 valence electrons. The van der Waals surface area contributed by atoms with Crippen molar-refractivity contribution in [3.8, 4) is 11.5 Å². The Labute approximate surface area is 193 Å². The van der Waals surface area contributed by atoms with E-state index >= 15 is 0 Å². The third kappa shape index (κ3) is 3.15. The average Bonchev–Trinajstić information content (AvgIpc) is 2.83. The van der Waals surface area contributed by atoms with E-state index in [4.69, 9.17) is 0 Å². The molecule has 2 N–H and O–H groups in total. The minimum absolute atomic E-state index is 0.0407. The molecular formula is C26H18N2O6. The summed E-state index contributed by atoms with van der Waals surface area (Å²) in [5, 5.41) is 43.3. The summed E-state index contributed by atoms with van der Waals surface area (Å²) < 4.78 is 0. The maximum absolute atomic E-state index is 11.7. The van der Waals surface area contributed by atoms with Gasteiger partial charge in [0, 0.05) is 24.3 Å². The quantitative estimate of drug-likeness (QED) is 0.284. The fourth-order valence-electron chi connectivity index (χ4n) is 4.92. The molecule has 4 aromatic rings. The van der Waals surface area contributed by atoms with Crippen molar-refractivity contribution in [2.24, 2.45) is 0 Å². The lowest BCUT2D eigenvalue weighted by Gasteiger charge is -2.42. The van der Waals surface area contributed by atoms with E-state index in [0.29, 0.717) is 28.7 Å². The molecule has 0 heterocycles. The predicted octanol–water partition coefficient (Wildman–Crippen LogP) is 5.20. The number of rotatable bonds is 4. The molecule has 8 heteroatoms. The van der Waals surface area contributed by atoms with E-state index in [1.165, 1.54) is 48.5 Å². The molecule has 8 nitrogen and oxygen atoms in total. The lowest BCUT2D eigenvalue weighted by molar-refractivity contribution is -0.385. The Kier molecular flexibility index (Phi) is 4.79. The zero-order valence-corrected chi connectivity index (χ0v) is 17.7. The lowest BCUT2D eigenvalue weighted by atomic mass is 9.59. The van der Waals surface area contributed by atoms with Crippen molar-refractivity contribution in [2.75, 3.05) is 0 Å². The Balaban J connectivity index is 1.97. The van der Waals surface area contributed by atoms with Gasteiger partial charge in [-0.15, -0.1) is 0 Å². The van der Waals surface area contributed by atoms with Crippen LogP contribution in [0.4, 0.5) is 11.4 Å². The highest BCUT2D eigenvalue weighted by molar-refractivity contribution is 5.69. The summed E-state index contributed by atoms with van der Waals surface area (Å²) in [5.74, 6) is 0.0814. The summed E-state index contributed by atoms with van der Waals surface area (Å²) in [6, 6.07) is 22.2. The zero-order chi connectivity index (χ0) is 24.0. The van der Waals surface area contributed by atoms with Crippen LogP contribution < -0.4 is 0 Å². The van der Waals surface area contributed by atoms with Gasteiger partial charge in [-0.1, -0.05) is 36.4 Å². The topological polar surface area (TPSA) is 127 Å². The smallest absolute Gasteiger partial charge is 0.269 e. The zero-order valence-electron chi connectivity index (χ0n) is 17.7. The van der Waals surface area contributed by atoms with Gasteiger partial charge in [0.15, 0.2) is 0 Å². The van der Waals surface area contributed by atoms with Crippen molar-refractivity contribution in [2.45, 2.75) is 11.8 Å². The number of hydrogen-bond donors (Lipinski definition) is 2. The molecule has 0 unspecified atom stereocenters. The largest absolute Gasteiger partial charge is 0.508 e. The standard InChI is InChI=1S/C26H18N2O6/c29-22-9-3-18(4-10-22)26(19-5-11-23(30)12-6-19)24-14-20(27(31)32)7-1-16(24)13-17-2-8-21(28(33)34)15-25(17)26/h1-12,14-15,29-30H,13H2. The molecule has 5 rings (SSSR count). The minimum atomic E-state index is -1.16. The number of non-ortho nitro benzene ring substituents is 2. The number of nitrogens with zero attached hydrogens (tertiary/aromatic N) is 2. The summed E-state index contributed by atoms with van der Waals surface area (Å²) >= 11 is 0. The van der Waals surface area contributed by atoms with Crippen LogP contribution in [0.5, 0.6) is 11.5 Å². The maximum atomic E-state index is 11.7. The van der Waals surface area contributed by atoms with Gasteiger partial charge in [-0.05, 0) is 64.1 Å². The molecule has 0 aliphatic heterocycles. The van der Waals surface area contributed by atoms with Crippen molar-refractivity contribution >= 4 is 11.4 Å². The summed E-state index contributed by atoms with van der Waals surface area (Å²) in [7, 11) is 0. The summed E-state index contributed by atoms with van der Waals surface area (Å²) in [5.41, 5.74) is 2.88. The monoisotopic (exact) mass is 454 g/mol. The van der Waals surface area contributed by atoms with E-state index in [9.17, 15) is 30.4 Å². The van der Waals surface area contributed by atoms with Crippen molar-refractivity contribution < 1.29 is 20.1 Å². The fourth-order valence-corrected chi connectivity index (χ4v) is 4.92. The van der Waals surface area contributed by atoms with Crippen LogP contribution >= 0.6 is 0 Å². The Bertz CT molecular complexity index is 1330. The maximum Gasteiger partial charge on any atom is 0.269 e. The van der Waals surface area contributed by atoms with Crippen LogP contribution in [0.25, 0.3) is 0 Å². The molecule has 0 spiro atoms. The van der Waals surface area contributed by atoms with E-state index in [1.807, 2.05) is 0 Å². The third-order valence-corrected chi connectivity index (χ3v) is 6.40. The number of phenolic OH excluding ortho intramolecular Hbond substituents is 2. The van der Waals surface area contributed by atoms with E-state index in [1.54, 1.807) is 36.4 Å². The molecule has 0 radical (unpaired) electrons. The first-order valence-corrected chi connectivity index (χ1v) is 10.5. The summed E-state index contributed by atoms with van der Waals surface area (Å²) in [6.07, 6.45) is 0.443. The van der Waals surface area contributed by atoms with Gasteiger partial charge >= 0.3 is 0 Å². The normalized spacial score (nSPS) is 13.5. The molecule has 0 amide bonds. The van der Waals surface area contributed by atoms with E-state index < -0.39 is 15.3 Å². The molecule has 0 atom stereocenters. The summed E-state index contributed by atoms with van der Waals surface area (Å²) in [4.78, 5) is 22.5. The molecule has 0 saturated heterocycles. The molecule has 0 aromatic heterocycles. The fraction of sp³-hybridized carbons (Fsp3) is 0.0769. The number of fused-ring (bicyclic) bond motifs is 2. The van der Waals surface area contributed by atoms with E-state index in [2.05, 4.69) is 0 Å². The van der Waals surface area contributed by atoms with Crippen LogP contribution in [0.2, 0.25) is 0 Å². The number of nitro benzene ring substituents is 2. The van der Waals surface area contributed by atoms with Crippen molar-refractivity contribution in [3.05, 3.63) is 139 Å². The highest BCUT2D eigenvalue weighted by Crippen LogP contribution is 2.52. The second-order valence-corrected chi connectivity index (χ2v) is 8.22. The first kappa shape index (κ1) is 21.1. The Morgan fingerprint density at radius 1 is 0.618 bits per heavy atom. The van der Waals surface area contributed by atoms with Crippen LogP contribution in [0, 0.1) is 20.2 Å². The molecule has 0 fully saturated rings. The Morgan fingerprint density at radius 2 is 1.00 bits per heavy atom. The van der Waals surface area contributed by atoms with Crippen LogP contribution in [0.3, 0.4) is 0 Å². The molecule has 1 aliphatic carbocycles. The minimum Gasteiger partial charge on any atom is -0.508 e. The number of benzene rings is 4. The van der Waals surface area contributed by atoms with Gasteiger partial charge < -0.3 is 10.2 Å². The Hall–Kier alpha value is -4.72. The van der Waals surface area contributed by atoms with Gasteiger partial charge in [0.2, 0.25) is 0 Å². The van der Waals surface area contributed by atoms with Crippen LogP contribution in [0.15, 0.2) is 84.9 Å². The van der Waals surface area contributed by atoms with Crippen LogP contribution in [-0.4, -0.2) is 20.1 Å². The molecule has 0 bridgehead atoms. The van der Waals surface area contributed by atoms with E-state index in [0.717, 1.165) is 11.1 Å². The number of nitro groups is 2. The van der Waals surface area contributed by atoms with E-state index in [-0.39, 0.29) is 22.9 Å².